The minimum atomic E-state index is -4.79. The van der Waals surface area contributed by atoms with Gasteiger partial charge in [-0.2, -0.15) is 25.8 Å². The average molecular weight is 298 g/mol. The largest absolute Gasteiger partial charge is 0.420 e. The number of carbonyl (C=O) groups excluding carboxylic acids is 2. The highest BCUT2D eigenvalue weighted by Gasteiger charge is 2.64. The summed E-state index contributed by atoms with van der Waals surface area (Å²) in [5.41, 5.74) is -2.80. The molecule has 110 valence electrons. The molecule has 1 saturated heterocycles. The van der Waals surface area contributed by atoms with Gasteiger partial charge in [-0.15, -0.1) is 0 Å². The van der Waals surface area contributed by atoms with Gasteiger partial charge in [0.25, 0.3) is 5.91 Å². The van der Waals surface area contributed by atoms with Crippen molar-refractivity contribution < 1.29 is 22.8 Å². The molecule has 1 N–H and O–H groups in total. The SMILES string of the molecule is CC1(C(F)(F)F)NC(=O)N(CCCCCCS)C1=O. The number of hydrogen-bond acceptors (Lipinski definition) is 3. The van der Waals surface area contributed by atoms with Crippen LogP contribution in [-0.2, 0) is 4.79 Å². The number of alkyl halides is 3. The number of halogens is 3. The molecule has 0 aliphatic carbocycles. The first kappa shape index (κ1) is 16.1. The molecule has 0 radical (unpaired) electrons. The van der Waals surface area contributed by atoms with Crippen molar-refractivity contribution in [2.75, 3.05) is 12.3 Å². The standard InChI is InChI=1S/C11H17F3N2O2S/c1-10(11(12,13)14)8(17)16(9(18)15-10)6-4-2-3-5-7-19/h19H,2-7H2,1H3,(H,15,18). The number of nitrogens with zero attached hydrogens (tertiary/aromatic N) is 1. The first-order chi connectivity index (χ1) is 8.74. The number of hydrogen-bond donors (Lipinski definition) is 2. The summed E-state index contributed by atoms with van der Waals surface area (Å²) >= 11 is 4.04. The Morgan fingerprint density at radius 1 is 1.21 bits per heavy atom. The number of rotatable bonds is 6. The molecule has 8 heteroatoms. The van der Waals surface area contributed by atoms with Crippen molar-refractivity contribution in [2.24, 2.45) is 0 Å². The van der Waals surface area contributed by atoms with Gasteiger partial charge in [0.15, 0.2) is 0 Å². The molecular weight excluding hydrogens is 281 g/mol. The van der Waals surface area contributed by atoms with E-state index in [1.54, 1.807) is 5.32 Å². The molecule has 0 aromatic heterocycles. The molecule has 1 fully saturated rings. The predicted molar refractivity (Wildman–Crippen MR) is 67.0 cm³/mol. The fourth-order valence-electron chi connectivity index (χ4n) is 1.83. The van der Waals surface area contributed by atoms with Gasteiger partial charge in [-0.1, -0.05) is 12.8 Å². The van der Waals surface area contributed by atoms with Gasteiger partial charge in [-0.25, -0.2) is 4.79 Å². The Morgan fingerprint density at radius 3 is 2.26 bits per heavy atom. The monoisotopic (exact) mass is 298 g/mol. The Kier molecular flexibility index (Phi) is 5.11. The minimum Gasteiger partial charge on any atom is -0.316 e. The maximum atomic E-state index is 12.8. The number of unbranched alkanes of at least 4 members (excludes halogenated alkanes) is 3. The molecule has 0 spiro atoms. The van der Waals surface area contributed by atoms with Gasteiger partial charge < -0.3 is 5.32 Å². The van der Waals surface area contributed by atoms with Crippen molar-refractivity contribution in [1.82, 2.24) is 10.2 Å². The summed E-state index contributed by atoms with van der Waals surface area (Å²) in [4.78, 5) is 23.8. The first-order valence-electron chi connectivity index (χ1n) is 6.05. The second-order valence-electron chi connectivity index (χ2n) is 4.65. The molecule has 1 rings (SSSR count). The van der Waals surface area contributed by atoms with Crippen LogP contribution in [0.2, 0.25) is 0 Å². The highest BCUT2D eigenvalue weighted by atomic mass is 32.1. The van der Waals surface area contributed by atoms with E-state index in [1.165, 1.54) is 0 Å². The van der Waals surface area contributed by atoms with Crippen LogP contribution in [0, 0.1) is 0 Å². The third-order valence-electron chi connectivity index (χ3n) is 3.13. The van der Waals surface area contributed by atoms with Gasteiger partial charge in [0.2, 0.25) is 5.54 Å². The van der Waals surface area contributed by atoms with Gasteiger partial charge in [0, 0.05) is 6.54 Å². The Hall–Kier alpha value is -0.920. The zero-order chi connectivity index (χ0) is 14.7. The molecule has 1 aliphatic rings. The first-order valence-corrected chi connectivity index (χ1v) is 6.69. The van der Waals surface area contributed by atoms with E-state index in [1.807, 2.05) is 0 Å². The van der Waals surface area contributed by atoms with Gasteiger partial charge in [-0.05, 0) is 25.5 Å². The number of imide groups is 1. The number of thiol groups is 1. The topological polar surface area (TPSA) is 49.4 Å². The second-order valence-corrected chi connectivity index (χ2v) is 5.09. The van der Waals surface area contributed by atoms with E-state index in [4.69, 9.17) is 0 Å². The third kappa shape index (κ3) is 3.34. The summed E-state index contributed by atoms with van der Waals surface area (Å²) in [7, 11) is 0. The lowest BCUT2D eigenvalue weighted by Crippen LogP contribution is -2.56. The smallest absolute Gasteiger partial charge is 0.316 e. The molecule has 4 nitrogen and oxygen atoms in total. The van der Waals surface area contributed by atoms with Gasteiger partial charge >= 0.3 is 12.2 Å². The zero-order valence-corrected chi connectivity index (χ0v) is 11.5. The van der Waals surface area contributed by atoms with Crippen LogP contribution >= 0.6 is 12.6 Å². The van der Waals surface area contributed by atoms with Crippen LogP contribution in [0.25, 0.3) is 0 Å². The second kappa shape index (κ2) is 6.02. The number of amides is 3. The number of nitrogens with one attached hydrogen (secondary N) is 1. The van der Waals surface area contributed by atoms with E-state index in [9.17, 15) is 22.8 Å². The molecule has 0 saturated carbocycles. The van der Waals surface area contributed by atoms with E-state index in [0.29, 0.717) is 18.2 Å². The van der Waals surface area contributed by atoms with Crippen LogP contribution in [0.15, 0.2) is 0 Å². The highest BCUT2D eigenvalue weighted by molar-refractivity contribution is 7.80. The van der Waals surface area contributed by atoms with Crippen LogP contribution in [0.3, 0.4) is 0 Å². The molecular formula is C11H17F3N2O2S. The molecule has 3 amide bonds. The molecule has 1 unspecified atom stereocenters. The fraction of sp³-hybridized carbons (Fsp3) is 0.818. The molecule has 0 bridgehead atoms. The Bertz CT molecular complexity index is 362. The highest BCUT2D eigenvalue weighted by Crippen LogP contribution is 2.35. The van der Waals surface area contributed by atoms with Gasteiger partial charge in [0.1, 0.15) is 0 Å². The van der Waals surface area contributed by atoms with E-state index < -0.39 is 23.7 Å². The van der Waals surface area contributed by atoms with Crippen molar-refractivity contribution in [3.05, 3.63) is 0 Å². The summed E-state index contributed by atoms with van der Waals surface area (Å²) < 4.78 is 38.3. The molecule has 1 atom stereocenters. The molecule has 19 heavy (non-hydrogen) atoms. The van der Waals surface area contributed by atoms with Crippen molar-refractivity contribution >= 4 is 24.6 Å². The van der Waals surface area contributed by atoms with Crippen LogP contribution in [0.5, 0.6) is 0 Å². The maximum absolute atomic E-state index is 12.8. The van der Waals surface area contributed by atoms with Crippen molar-refractivity contribution in [3.8, 4) is 0 Å². The number of carbonyl (C=O) groups is 2. The molecule has 1 aliphatic heterocycles. The van der Waals surface area contributed by atoms with Crippen molar-refractivity contribution in [3.63, 3.8) is 0 Å². The molecule has 0 aromatic carbocycles. The lowest BCUT2D eigenvalue weighted by molar-refractivity contribution is -0.191. The Morgan fingerprint density at radius 2 is 1.79 bits per heavy atom. The summed E-state index contributed by atoms with van der Waals surface area (Å²) in [6.45, 7) is 0.705. The normalized spacial score (nSPS) is 23.9. The van der Waals surface area contributed by atoms with E-state index in [-0.39, 0.29) is 6.54 Å². The van der Waals surface area contributed by atoms with E-state index in [0.717, 1.165) is 25.0 Å². The van der Waals surface area contributed by atoms with E-state index in [2.05, 4.69) is 12.6 Å². The molecule has 0 aromatic rings. The van der Waals surface area contributed by atoms with E-state index >= 15 is 0 Å². The lowest BCUT2D eigenvalue weighted by atomic mass is 10.0. The number of urea groups is 1. The predicted octanol–water partition coefficient (Wildman–Crippen LogP) is 2.35. The summed E-state index contributed by atoms with van der Waals surface area (Å²) in [6, 6.07) is -0.973. The Labute approximate surface area is 115 Å². The van der Waals surface area contributed by atoms with Crippen molar-refractivity contribution in [2.45, 2.75) is 44.3 Å². The summed E-state index contributed by atoms with van der Waals surface area (Å²) in [5, 5.41) is 1.72. The van der Waals surface area contributed by atoms with Gasteiger partial charge in [0.05, 0.1) is 0 Å². The molecule has 1 heterocycles. The van der Waals surface area contributed by atoms with Crippen LogP contribution in [0.1, 0.15) is 32.6 Å². The van der Waals surface area contributed by atoms with Crippen molar-refractivity contribution in [1.29, 1.82) is 0 Å². The zero-order valence-electron chi connectivity index (χ0n) is 10.6. The average Bonchev–Trinajstić information content (AvgIpc) is 2.52. The fourth-order valence-corrected chi connectivity index (χ4v) is 2.05. The summed E-state index contributed by atoms with van der Waals surface area (Å²) in [5.74, 6) is -0.478. The van der Waals surface area contributed by atoms with Crippen LogP contribution < -0.4 is 5.32 Å². The Balaban J connectivity index is 2.57. The third-order valence-corrected chi connectivity index (χ3v) is 3.45. The minimum absolute atomic E-state index is 0.0168. The van der Waals surface area contributed by atoms with Crippen LogP contribution in [-0.4, -0.2) is 40.9 Å². The summed E-state index contributed by atoms with van der Waals surface area (Å²) in [6.07, 6.45) is -1.76. The maximum Gasteiger partial charge on any atom is 0.420 e. The van der Waals surface area contributed by atoms with Gasteiger partial charge in [-0.3, -0.25) is 9.69 Å². The quantitative estimate of drug-likeness (QED) is 0.449. The van der Waals surface area contributed by atoms with Crippen LogP contribution in [0.4, 0.5) is 18.0 Å². The lowest BCUT2D eigenvalue weighted by Gasteiger charge is -2.24.